The second kappa shape index (κ2) is 9.01. The Morgan fingerprint density at radius 1 is 1.15 bits per heavy atom. The van der Waals surface area contributed by atoms with E-state index in [2.05, 4.69) is 5.32 Å². The van der Waals surface area contributed by atoms with Gasteiger partial charge in [0.05, 0.1) is 12.5 Å². The standard InChI is InChI=1S/C19H18Cl2FNO3/c1-11(15-8-7-14(20)10-16(15)21)23-19(25)12(2)26-18(24)9-13-5-3-4-6-17(13)22/h3-8,10-12H,9H2,1-2H3,(H,23,25)/t11-,12-/m0/s1. The van der Waals surface area contributed by atoms with Crippen LogP contribution in [0.25, 0.3) is 0 Å². The van der Waals surface area contributed by atoms with Gasteiger partial charge < -0.3 is 10.1 Å². The summed E-state index contributed by atoms with van der Waals surface area (Å²) in [4.78, 5) is 24.2. The Balaban J connectivity index is 1.92. The zero-order chi connectivity index (χ0) is 19.3. The van der Waals surface area contributed by atoms with Crippen molar-refractivity contribution >= 4 is 35.1 Å². The molecule has 0 spiro atoms. The van der Waals surface area contributed by atoms with Crippen molar-refractivity contribution in [2.24, 2.45) is 0 Å². The summed E-state index contributed by atoms with van der Waals surface area (Å²) in [5, 5.41) is 3.64. The van der Waals surface area contributed by atoms with Crippen LogP contribution in [0, 0.1) is 5.82 Å². The number of carbonyl (C=O) groups excluding carboxylic acids is 2. The zero-order valence-corrected chi connectivity index (χ0v) is 15.8. The molecule has 0 heterocycles. The maximum atomic E-state index is 13.6. The number of ether oxygens (including phenoxy) is 1. The molecular weight excluding hydrogens is 380 g/mol. The molecule has 1 amide bonds. The fourth-order valence-electron chi connectivity index (χ4n) is 2.35. The lowest BCUT2D eigenvalue weighted by molar-refractivity contribution is -0.154. The molecule has 2 atom stereocenters. The third kappa shape index (κ3) is 5.44. The summed E-state index contributed by atoms with van der Waals surface area (Å²) in [5.41, 5.74) is 0.903. The summed E-state index contributed by atoms with van der Waals surface area (Å²) >= 11 is 12.0. The summed E-state index contributed by atoms with van der Waals surface area (Å²) in [5.74, 6) is -1.66. The number of esters is 1. The summed E-state index contributed by atoms with van der Waals surface area (Å²) in [6, 6.07) is 10.5. The van der Waals surface area contributed by atoms with Crippen molar-refractivity contribution in [3.8, 4) is 0 Å². The molecule has 1 N–H and O–H groups in total. The molecule has 4 nitrogen and oxygen atoms in total. The molecule has 0 radical (unpaired) electrons. The maximum absolute atomic E-state index is 13.6. The van der Waals surface area contributed by atoms with E-state index in [1.54, 1.807) is 31.2 Å². The van der Waals surface area contributed by atoms with Gasteiger partial charge >= 0.3 is 5.97 Å². The maximum Gasteiger partial charge on any atom is 0.311 e. The van der Waals surface area contributed by atoms with Gasteiger partial charge in [-0.2, -0.15) is 0 Å². The monoisotopic (exact) mass is 397 g/mol. The highest BCUT2D eigenvalue weighted by Gasteiger charge is 2.21. The first-order chi connectivity index (χ1) is 12.3. The van der Waals surface area contributed by atoms with Crippen molar-refractivity contribution in [2.45, 2.75) is 32.4 Å². The van der Waals surface area contributed by atoms with Crippen molar-refractivity contribution in [2.75, 3.05) is 0 Å². The Bertz CT molecular complexity index is 813. The van der Waals surface area contributed by atoms with E-state index in [-0.39, 0.29) is 12.0 Å². The zero-order valence-electron chi connectivity index (χ0n) is 14.3. The van der Waals surface area contributed by atoms with Crippen molar-refractivity contribution in [3.63, 3.8) is 0 Å². The van der Waals surface area contributed by atoms with Crippen LogP contribution < -0.4 is 5.32 Å². The number of hydrogen-bond acceptors (Lipinski definition) is 3. The molecule has 0 fully saturated rings. The van der Waals surface area contributed by atoms with Gasteiger partial charge in [-0.1, -0.05) is 47.5 Å². The highest BCUT2D eigenvalue weighted by molar-refractivity contribution is 6.35. The van der Waals surface area contributed by atoms with Crippen LogP contribution in [0.5, 0.6) is 0 Å². The fourth-order valence-corrected chi connectivity index (χ4v) is 2.92. The molecule has 0 aliphatic carbocycles. The lowest BCUT2D eigenvalue weighted by Crippen LogP contribution is -2.37. The van der Waals surface area contributed by atoms with Crippen molar-refractivity contribution in [1.82, 2.24) is 5.32 Å². The van der Waals surface area contributed by atoms with E-state index in [4.69, 9.17) is 27.9 Å². The number of hydrogen-bond donors (Lipinski definition) is 1. The third-order valence-electron chi connectivity index (χ3n) is 3.76. The Labute approximate surface area is 161 Å². The van der Waals surface area contributed by atoms with Crippen LogP contribution in [0.3, 0.4) is 0 Å². The van der Waals surface area contributed by atoms with E-state index >= 15 is 0 Å². The highest BCUT2D eigenvalue weighted by Crippen LogP contribution is 2.26. The number of carbonyl (C=O) groups is 2. The van der Waals surface area contributed by atoms with Crippen LogP contribution in [-0.4, -0.2) is 18.0 Å². The molecule has 0 saturated heterocycles. The smallest absolute Gasteiger partial charge is 0.311 e. The van der Waals surface area contributed by atoms with Crippen LogP contribution in [0.4, 0.5) is 4.39 Å². The van der Waals surface area contributed by atoms with Crippen molar-refractivity contribution in [3.05, 3.63) is 69.5 Å². The Kier molecular flexibility index (Phi) is 7.00. The number of amides is 1. The minimum atomic E-state index is -1.03. The average molecular weight is 398 g/mol. The molecule has 138 valence electrons. The first-order valence-corrected chi connectivity index (χ1v) is 8.71. The molecule has 0 aliphatic rings. The average Bonchev–Trinajstić information content (AvgIpc) is 2.56. The molecule has 0 bridgehead atoms. The van der Waals surface area contributed by atoms with E-state index in [0.717, 1.165) is 0 Å². The first kappa shape index (κ1) is 20.2. The van der Waals surface area contributed by atoms with E-state index < -0.39 is 29.8 Å². The lowest BCUT2D eigenvalue weighted by atomic mass is 10.1. The number of benzene rings is 2. The van der Waals surface area contributed by atoms with Crippen LogP contribution in [-0.2, 0) is 20.7 Å². The summed E-state index contributed by atoms with van der Waals surface area (Å²) < 4.78 is 18.6. The molecule has 2 rings (SSSR count). The Hall–Kier alpha value is -2.11. The van der Waals surface area contributed by atoms with Gasteiger partial charge in [0.15, 0.2) is 6.10 Å². The second-order valence-corrected chi connectivity index (χ2v) is 6.64. The van der Waals surface area contributed by atoms with E-state index in [1.165, 1.54) is 25.1 Å². The SMILES string of the molecule is C[C@H](OC(=O)Cc1ccccc1F)C(=O)N[C@@H](C)c1ccc(Cl)cc1Cl. The largest absolute Gasteiger partial charge is 0.452 e. The summed E-state index contributed by atoms with van der Waals surface area (Å²) in [6.45, 7) is 3.20. The van der Waals surface area contributed by atoms with Gasteiger partial charge in [-0.15, -0.1) is 0 Å². The number of rotatable bonds is 6. The van der Waals surface area contributed by atoms with Gasteiger partial charge in [0.2, 0.25) is 0 Å². The molecule has 0 unspecified atom stereocenters. The van der Waals surface area contributed by atoms with Crippen LogP contribution in [0.2, 0.25) is 10.0 Å². The number of halogens is 3. The first-order valence-electron chi connectivity index (χ1n) is 7.96. The van der Waals surface area contributed by atoms with Gasteiger partial charge in [-0.25, -0.2) is 4.39 Å². The van der Waals surface area contributed by atoms with E-state index in [0.29, 0.717) is 15.6 Å². The minimum absolute atomic E-state index is 0.214. The van der Waals surface area contributed by atoms with E-state index in [1.807, 2.05) is 0 Å². The van der Waals surface area contributed by atoms with Gasteiger partial charge in [-0.05, 0) is 43.2 Å². The van der Waals surface area contributed by atoms with Crippen LogP contribution in [0.1, 0.15) is 31.0 Å². The highest BCUT2D eigenvalue weighted by atomic mass is 35.5. The molecule has 26 heavy (non-hydrogen) atoms. The molecule has 2 aromatic rings. The number of nitrogens with one attached hydrogen (secondary N) is 1. The minimum Gasteiger partial charge on any atom is -0.452 e. The molecular formula is C19H18Cl2FNO3. The van der Waals surface area contributed by atoms with Gasteiger partial charge in [-0.3, -0.25) is 9.59 Å². The molecule has 0 saturated carbocycles. The molecule has 0 aromatic heterocycles. The van der Waals surface area contributed by atoms with Gasteiger partial charge in [0, 0.05) is 10.0 Å². The molecule has 2 aromatic carbocycles. The summed E-state index contributed by atoms with van der Waals surface area (Å²) in [7, 11) is 0. The molecule has 0 aliphatic heterocycles. The van der Waals surface area contributed by atoms with Gasteiger partial charge in [0.25, 0.3) is 5.91 Å². The fraction of sp³-hybridized carbons (Fsp3) is 0.263. The van der Waals surface area contributed by atoms with Crippen LogP contribution >= 0.6 is 23.2 Å². The van der Waals surface area contributed by atoms with Crippen LogP contribution in [0.15, 0.2) is 42.5 Å². The Morgan fingerprint density at radius 2 is 1.85 bits per heavy atom. The second-order valence-electron chi connectivity index (χ2n) is 5.80. The van der Waals surface area contributed by atoms with Crippen molar-refractivity contribution < 1.29 is 18.7 Å². The third-order valence-corrected chi connectivity index (χ3v) is 4.32. The normalized spacial score (nSPS) is 13.0. The summed E-state index contributed by atoms with van der Waals surface area (Å²) in [6.07, 6.45) is -1.27. The van der Waals surface area contributed by atoms with Crippen molar-refractivity contribution in [1.29, 1.82) is 0 Å². The predicted octanol–water partition coefficient (Wildman–Crippen LogP) is 4.48. The Morgan fingerprint density at radius 3 is 2.50 bits per heavy atom. The topological polar surface area (TPSA) is 55.4 Å². The van der Waals surface area contributed by atoms with Gasteiger partial charge in [0.1, 0.15) is 5.82 Å². The molecule has 7 heteroatoms. The lowest BCUT2D eigenvalue weighted by Gasteiger charge is -2.19. The van der Waals surface area contributed by atoms with E-state index in [9.17, 15) is 14.0 Å². The predicted molar refractivity (Wildman–Crippen MR) is 98.7 cm³/mol. The quantitative estimate of drug-likeness (QED) is 0.730.